The van der Waals surface area contributed by atoms with E-state index in [1.807, 2.05) is 0 Å². The lowest BCUT2D eigenvalue weighted by molar-refractivity contribution is 0.177. The van der Waals surface area contributed by atoms with Crippen LogP contribution in [-0.4, -0.2) is 12.2 Å². The van der Waals surface area contributed by atoms with Gasteiger partial charge in [-0.15, -0.1) is 0 Å². The van der Waals surface area contributed by atoms with Gasteiger partial charge in [0.05, 0.1) is 12.7 Å². The molecule has 1 unspecified atom stereocenters. The van der Waals surface area contributed by atoms with Gasteiger partial charge in [-0.05, 0) is 6.92 Å². The highest BCUT2D eigenvalue weighted by Gasteiger charge is 2.15. The van der Waals surface area contributed by atoms with Crippen LogP contribution >= 0.6 is 0 Å². The van der Waals surface area contributed by atoms with E-state index in [-0.39, 0.29) is 17.7 Å². The molecule has 1 rings (SSSR count). The summed E-state index contributed by atoms with van der Waals surface area (Å²) in [4.78, 5) is 0. The lowest BCUT2D eigenvalue weighted by Crippen LogP contribution is -2.03. The Bertz CT molecular complexity index is 324. The number of hydrogen-bond donors (Lipinski definition) is 1. The van der Waals surface area contributed by atoms with Crippen LogP contribution in [0.4, 0.5) is 8.78 Å². The fraction of sp³-hybridized carbons (Fsp3) is 0.400. The molecule has 1 atom stereocenters. The van der Waals surface area contributed by atoms with Gasteiger partial charge in [0.2, 0.25) is 0 Å². The summed E-state index contributed by atoms with van der Waals surface area (Å²) in [7, 11) is 1.40. The highest BCUT2D eigenvalue weighted by Crippen LogP contribution is 2.21. The van der Waals surface area contributed by atoms with E-state index in [9.17, 15) is 8.78 Å². The third kappa shape index (κ3) is 2.08. The van der Waals surface area contributed by atoms with Crippen LogP contribution in [0, 0.1) is 11.6 Å². The number of ether oxygens (including phenoxy) is 1. The van der Waals surface area contributed by atoms with E-state index < -0.39 is 17.7 Å². The highest BCUT2D eigenvalue weighted by molar-refractivity contribution is 5.27. The molecule has 0 bridgehead atoms. The maximum atomic E-state index is 13.2. The summed E-state index contributed by atoms with van der Waals surface area (Å²) < 4.78 is 31.2. The summed E-state index contributed by atoms with van der Waals surface area (Å²) in [5.74, 6) is -1.96. The Hall–Kier alpha value is -1.00. The van der Waals surface area contributed by atoms with Gasteiger partial charge in [0, 0.05) is 18.2 Å². The number of rotatable bonds is 3. The molecule has 0 saturated carbocycles. The van der Waals surface area contributed by atoms with E-state index >= 15 is 0 Å². The molecular formula is C10H12F2O2. The zero-order chi connectivity index (χ0) is 10.7. The second-order valence-electron chi connectivity index (χ2n) is 3.05. The van der Waals surface area contributed by atoms with Crippen LogP contribution < -0.4 is 0 Å². The molecule has 0 fully saturated rings. The average Bonchev–Trinajstić information content (AvgIpc) is 2.13. The van der Waals surface area contributed by atoms with Crippen molar-refractivity contribution in [1.82, 2.24) is 0 Å². The number of hydrogen-bond acceptors (Lipinski definition) is 2. The zero-order valence-corrected chi connectivity index (χ0v) is 8.05. The number of halogens is 2. The number of benzene rings is 1. The van der Waals surface area contributed by atoms with E-state index in [2.05, 4.69) is 0 Å². The maximum Gasteiger partial charge on any atom is 0.164 e. The van der Waals surface area contributed by atoms with Crippen molar-refractivity contribution in [2.24, 2.45) is 0 Å². The Morgan fingerprint density at radius 2 is 2.00 bits per heavy atom. The fourth-order valence-electron chi connectivity index (χ4n) is 1.19. The van der Waals surface area contributed by atoms with Crippen LogP contribution in [0.25, 0.3) is 0 Å². The molecule has 0 radical (unpaired) electrons. The smallest absolute Gasteiger partial charge is 0.164 e. The molecule has 2 nitrogen and oxygen atoms in total. The molecule has 0 saturated heterocycles. The van der Waals surface area contributed by atoms with Crippen LogP contribution in [0.2, 0.25) is 0 Å². The molecule has 0 aliphatic carbocycles. The summed E-state index contributed by atoms with van der Waals surface area (Å²) >= 11 is 0. The molecule has 0 heterocycles. The van der Waals surface area contributed by atoms with Gasteiger partial charge in [-0.3, -0.25) is 0 Å². The highest BCUT2D eigenvalue weighted by atomic mass is 19.2. The summed E-state index contributed by atoms with van der Waals surface area (Å²) in [6, 6.07) is 2.77. The minimum Gasteiger partial charge on any atom is -0.389 e. The van der Waals surface area contributed by atoms with Crippen molar-refractivity contribution in [3.05, 3.63) is 34.9 Å². The van der Waals surface area contributed by atoms with E-state index in [0.717, 1.165) is 0 Å². The molecule has 14 heavy (non-hydrogen) atoms. The third-order valence-electron chi connectivity index (χ3n) is 1.94. The molecule has 4 heteroatoms. The van der Waals surface area contributed by atoms with Crippen molar-refractivity contribution in [3.63, 3.8) is 0 Å². The minimum atomic E-state index is -1.01. The molecule has 0 aliphatic rings. The van der Waals surface area contributed by atoms with Gasteiger partial charge in [-0.25, -0.2) is 8.78 Å². The van der Waals surface area contributed by atoms with Gasteiger partial charge in [0.15, 0.2) is 11.6 Å². The van der Waals surface area contributed by atoms with E-state index in [0.29, 0.717) is 0 Å². The summed E-state index contributed by atoms with van der Waals surface area (Å²) in [5, 5.41) is 9.11. The first kappa shape index (κ1) is 11.1. The van der Waals surface area contributed by atoms with Crippen molar-refractivity contribution in [1.29, 1.82) is 0 Å². The van der Waals surface area contributed by atoms with Gasteiger partial charge >= 0.3 is 0 Å². The largest absolute Gasteiger partial charge is 0.389 e. The molecular weight excluding hydrogens is 190 g/mol. The minimum absolute atomic E-state index is 0.0167. The zero-order valence-electron chi connectivity index (χ0n) is 8.05. The molecule has 1 aromatic rings. The molecule has 0 spiro atoms. The van der Waals surface area contributed by atoms with Gasteiger partial charge in [-0.1, -0.05) is 12.1 Å². The summed E-state index contributed by atoms with van der Waals surface area (Å²) in [6.07, 6.45) is -1.01. The molecule has 0 amide bonds. The first-order valence-electron chi connectivity index (χ1n) is 4.21. The van der Waals surface area contributed by atoms with Crippen LogP contribution in [0.1, 0.15) is 24.2 Å². The second kappa shape index (κ2) is 4.48. The van der Waals surface area contributed by atoms with Gasteiger partial charge in [0.1, 0.15) is 0 Å². The van der Waals surface area contributed by atoms with Gasteiger partial charge in [-0.2, -0.15) is 0 Å². The first-order chi connectivity index (χ1) is 6.57. The first-order valence-corrected chi connectivity index (χ1v) is 4.21. The van der Waals surface area contributed by atoms with Gasteiger partial charge in [0.25, 0.3) is 0 Å². The monoisotopic (exact) mass is 202 g/mol. The van der Waals surface area contributed by atoms with Crippen molar-refractivity contribution >= 4 is 0 Å². The number of aliphatic hydroxyl groups excluding tert-OH is 1. The Labute approximate surface area is 81.1 Å². The molecule has 78 valence electrons. The van der Waals surface area contributed by atoms with Crippen molar-refractivity contribution in [2.75, 3.05) is 7.11 Å². The second-order valence-corrected chi connectivity index (χ2v) is 3.05. The Morgan fingerprint density at radius 3 is 2.50 bits per heavy atom. The maximum absolute atomic E-state index is 13.2. The normalized spacial score (nSPS) is 12.9. The topological polar surface area (TPSA) is 29.5 Å². The Morgan fingerprint density at radius 1 is 1.36 bits per heavy atom. The van der Waals surface area contributed by atoms with Crippen LogP contribution in [-0.2, 0) is 11.3 Å². The quantitative estimate of drug-likeness (QED) is 0.813. The molecule has 1 N–H and O–H groups in total. The Kier molecular flexibility index (Phi) is 3.55. The number of methoxy groups -OCH3 is 1. The molecule has 0 aromatic heterocycles. The van der Waals surface area contributed by atoms with Crippen LogP contribution in [0.3, 0.4) is 0 Å². The lowest BCUT2D eigenvalue weighted by Gasteiger charge is -2.09. The summed E-state index contributed by atoms with van der Waals surface area (Å²) in [6.45, 7) is 1.40. The van der Waals surface area contributed by atoms with E-state index in [4.69, 9.17) is 9.84 Å². The molecule has 0 aliphatic heterocycles. The number of aliphatic hydroxyl groups is 1. The van der Waals surface area contributed by atoms with Crippen molar-refractivity contribution in [2.45, 2.75) is 19.6 Å². The predicted molar refractivity (Wildman–Crippen MR) is 47.7 cm³/mol. The molecule has 1 aromatic carbocycles. The third-order valence-corrected chi connectivity index (χ3v) is 1.94. The van der Waals surface area contributed by atoms with E-state index in [1.165, 1.54) is 26.2 Å². The van der Waals surface area contributed by atoms with Crippen molar-refractivity contribution < 1.29 is 18.6 Å². The lowest BCUT2D eigenvalue weighted by atomic mass is 10.1. The predicted octanol–water partition coefficient (Wildman–Crippen LogP) is 2.16. The van der Waals surface area contributed by atoms with Crippen LogP contribution in [0.15, 0.2) is 12.1 Å². The standard InChI is InChI=1S/C10H12F2O2/c1-6(13)8-4-3-7(5-14-2)9(11)10(8)12/h3-4,6,13H,5H2,1-2H3. The van der Waals surface area contributed by atoms with Gasteiger partial charge < -0.3 is 9.84 Å². The Balaban J connectivity index is 3.12. The fourth-order valence-corrected chi connectivity index (χ4v) is 1.19. The summed E-state index contributed by atoms with van der Waals surface area (Å²) in [5.41, 5.74) is 0.108. The van der Waals surface area contributed by atoms with Crippen molar-refractivity contribution in [3.8, 4) is 0 Å². The van der Waals surface area contributed by atoms with E-state index in [1.54, 1.807) is 0 Å². The average molecular weight is 202 g/mol. The van der Waals surface area contributed by atoms with Crippen LogP contribution in [0.5, 0.6) is 0 Å². The SMILES string of the molecule is COCc1ccc(C(C)O)c(F)c1F.